The zero-order chi connectivity index (χ0) is 13.3. The lowest BCUT2D eigenvalue weighted by Crippen LogP contribution is -2.25. The molecule has 0 atom stereocenters. The first-order valence-corrected chi connectivity index (χ1v) is 10.0. The Morgan fingerprint density at radius 1 is 0.941 bits per heavy atom. The molecule has 0 N–H and O–H groups in total. The van der Waals surface area contributed by atoms with Crippen molar-refractivity contribution < 1.29 is 13.2 Å². The summed E-state index contributed by atoms with van der Waals surface area (Å²) in [6.45, 7) is 7.95. The van der Waals surface area contributed by atoms with E-state index < -0.39 is 14.4 Å². The van der Waals surface area contributed by atoms with Crippen LogP contribution in [0.25, 0.3) is 0 Å². The van der Waals surface area contributed by atoms with E-state index in [0.29, 0.717) is 6.42 Å². The van der Waals surface area contributed by atoms with Gasteiger partial charge in [0.25, 0.3) is 0 Å². The molecule has 0 aliphatic rings. The number of hydrogen-bond acceptors (Lipinski definition) is 1. The average molecular weight is 264 g/mol. The van der Waals surface area contributed by atoms with E-state index in [-0.39, 0.29) is 5.76 Å². The molecule has 0 amide bonds. The van der Waals surface area contributed by atoms with E-state index in [1.807, 2.05) is 19.6 Å². The van der Waals surface area contributed by atoms with E-state index in [4.69, 9.17) is 4.43 Å². The van der Waals surface area contributed by atoms with Crippen LogP contribution in [0.2, 0.25) is 19.6 Å². The van der Waals surface area contributed by atoms with E-state index in [0.717, 1.165) is 19.3 Å². The summed E-state index contributed by atoms with van der Waals surface area (Å²) in [5, 5.41) is 0. The molecule has 0 rings (SSSR count). The van der Waals surface area contributed by atoms with Gasteiger partial charge in [0.15, 0.2) is 0 Å². The van der Waals surface area contributed by atoms with Crippen molar-refractivity contribution in [3.63, 3.8) is 0 Å². The first-order chi connectivity index (χ1) is 7.87. The van der Waals surface area contributed by atoms with Crippen molar-refractivity contribution in [1.82, 2.24) is 0 Å². The zero-order valence-electron chi connectivity index (χ0n) is 11.6. The molecule has 0 radical (unpaired) electrons. The van der Waals surface area contributed by atoms with Gasteiger partial charge in [-0.05, 0) is 26.1 Å². The summed E-state index contributed by atoms with van der Waals surface area (Å²) < 4.78 is 30.7. The summed E-state index contributed by atoms with van der Waals surface area (Å²) in [6.07, 6.45) is 5.38. The SMILES string of the molecule is CCCCCCCCC(O[Si](C)(C)C)=C(F)F. The molecular weight excluding hydrogens is 238 g/mol. The maximum Gasteiger partial charge on any atom is 0.306 e. The van der Waals surface area contributed by atoms with E-state index in [2.05, 4.69) is 6.92 Å². The molecule has 0 aromatic rings. The van der Waals surface area contributed by atoms with Crippen LogP contribution < -0.4 is 0 Å². The van der Waals surface area contributed by atoms with Gasteiger partial charge in [-0.15, -0.1) is 0 Å². The van der Waals surface area contributed by atoms with E-state index in [9.17, 15) is 8.78 Å². The highest BCUT2D eigenvalue weighted by Crippen LogP contribution is 2.22. The molecule has 0 fully saturated rings. The summed E-state index contributed by atoms with van der Waals surface area (Å²) in [6, 6.07) is 0. The minimum absolute atomic E-state index is 0.0698. The molecule has 0 spiro atoms. The van der Waals surface area contributed by atoms with Crippen molar-refractivity contribution in [2.24, 2.45) is 0 Å². The third-order valence-corrected chi connectivity index (χ3v) is 3.26. The van der Waals surface area contributed by atoms with Crippen LogP contribution in [-0.4, -0.2) is 8.32 Å². The Morgan fingerprint density at radius 2 is 1.47 bits per heavy atom. The van der Waals surface area contributed by atoms with Crippen LogP contribution >= 0.6 is 0 Å². The molecule has 0 saturated carbocycles. The summed E-state index contributed by atoms with van der Waals surface area (Å²) >= 11 is 0. The Bertz CT molecular complexity index is 230. The molecule has 0 aromatic heterocycles. The van der Waals surface area contributed by atoms with Gasteiger partial charge in [0.1, 0.15) is 5.76 Å². The molecular formula is C13H26F2OSi. The fraction of sp³-hybridized carbons (Fsp3) is 0.846. The molecule has 102 valence electrons. The van der Waals surface area contributed by atoms with Gasteiger partial charge < -0.3 is 4.43 Å². The largest absolute Gasteiger partial charge is 0.544 e. The Balaban J connectivity index is 3.85. The maximum atomic E-state index is 12.6. The number of halogens is 2. The molecule has 0 saturated heterocycles. The van der Waals surface area contributed by atoms with Crippen LogP contribution in [0.3, 0.4) is 0 Å². The third-order valence-electron chi connectivity index (χ3n) is 2.40. The number of allylic oxidation sites excluding steroid dienone is 1. The predicted molar refractivity (Wildman–Crippen MR) is 71.7 cm³/mol. The van der Waals surface area contributed by atoms with Gasteiger partial charge in [-0.3, -0.25) is 0 Å². The molecule has 0 bridgehead atoms. The van der Waals surface area contributed by atoms with Crippen molar-refractivity contribution in [3.8, 4) is 0 Å². The molecule has 0 unspecified atom stereocenters. The Morgan fingerprint density at radius 3 is 1.94 bits per heavy atom. The van der Waals surface area contributed by atoms with Gasteiger partial charge in [0, 0.05) is 6.42 Å². The van der Waals surface area contributed by atoms with Gasteiger partial charge in [-0.25, -0.2) is 0 Å². The van der Waals surface area contributed by atoms with Gasteiger partial charge in [-0.2, -0.15) is 8.78 Å². The highest BCUT2D eigenvalue weighted by atomic mass is 28.4. The highest BCUT2D eigenvalue weighted by Gasteiger charge is 2.20. The fourth-order valence-electron chi connectivity index (χ4n) is 1.62. The number of hydrogen-bond donors (Lipinski definition) is 0. The molecule has 17 heavy (non-hydrogen) atoms. The zero-order valence-corrected chi connectivity index (χ0v) is 12.6. The molecule has 4 heteroatoms. The number of unbranched alkanes of at least 4 members (excludes halogenated alkanes) is 5. The number of rotatable bonds is 9. The monoisotopic (exact) mass is 264 g/mol. The van der Waals surface area contributed by atoms with Gasteiger partial charge in [0.2, 0.25) is 8.32 Å². The molecule has 1 nitrogen and oxygen atoms in total. The minimum atomic E-state index is -1.90. The van der Waals surface area contributed by atoms with Gasteiger partial charge >= 0.3 is 6.08 Å². The van der Waals surface area contributed by atoms with E-state index >= 15 is 0 Å². The lowest BCUT2D eigenvalue weighted by Gasteiger charge is -2.21. The normalized spacial score (nSPS) is 11.4. The summed E-state index contributed by atoms with van der Waals surface area (Å²) in [4.78, 5) is 0. The quantitative estimate of drug-likeness (QED) is 0.295. The highest BCUT2D eigenvalue weighted by molar-refractivity contribution is 6.70. The van der Waals surface area contributed by atoms with E-state index in [1.165, 1.54) is 19.3 Å². The summed E-state index contributed by atoms with van der Waals surface area (Å²) in [5.41, 5.74) is 0. The second-order valence-electron chi connectivity index (χ2n) is 5.42. The Kier molecular flexibility index (Phi) is 8.48. The minimum Gasteiger partial charge on any atom is -0.544 e. The summed E-state index contributed by atoms with van der Waals surface area (Å²) in [5.74, 6) is -0.0698. The van der Waals surface area contributed by atoms with Crippen LogP contribution in [0.4, 0.5) is 8.78 Å². The van der Waals surface area contributed by atoms with Crippen molar-refractivity contribution in [1.29, 1.82) is 0 Å². The lowest BCUT2D eigenvalue weighted by molar-refractivity contribution is 0.308. The summed E-state index contributed by atoms with van der Waals surface area (Å²) in [7, 11) is -1.90. The Hall–Kier alpha value is -0.383. The first kappa shape index (κ1) is 16.6. The van der Waals surface area contributed by atoms with E-state index in [1.54, 1.807) is 0 Å². The van der Waals surface area contributed by atoms with Crippen LogP contribution in [0.15, 0.2) is 11.8 Å². The predicted octanol–water partition coefficient (Wildman–Crippen LogP) is 5.70. The van der Waals surface area contributed by atoms with Crippen LogP contribution in [-0.2, 0) is 4.43 Å². The first-order valence-electron chi connectivity index (χ1n) is 6.60. The Labute approximate surface area is 105 Å². The van der Waals surface area contributed by atoms with Crippen molar-refractivity contribution in [2.45, 2.75) is 71.5 Å². The fourth-order valence-corrected chi connectivity index (χ4v) is 2.54. The van der Waals surface area contributed by atoms with Gasteiger partial charge in [0.05, 0.1) is 0 Å². The van der Waals surface area contributed by atoms with Gasteiger partial charge in [-0.1, -0.05) is 39.0 Å². The molecule has 0 aliphatic carbocycles. The second kappa shape index (κ2) is 8.67. The van der Waals surface area contributed by atoms with Crippen LogP contribution in [0.1, 0.15) is 51.9 Å². The van der Waals surface area contributed by atoms with Crippen LogP contribution in [0, 0.1) is 0 Å². The van der Waals surface area contributed by atoms with Crippen molar-refractivity contribution in [2.75, 3.05) is 0 Å². The third kappa shape index (κ3) is 10.5. The van der Waals surface area contributed by atoms with Crippen molar-refractivity contribution >= 4 is 8.32 Å². The molecule has 0 heterocycles. The standard InChI is InChI=1S/C13H26F2OSi/c1-5-6-7-8-9-10-11-12(13(14)15)16-17(2,3)4/h5-11H2,1-4H3. The maximum absolute atomic E-state index is 12.6. The lowest BCUT2D eigenvalue weighted by atomic mass is 10.1. The molecule has 0 aliphatic heterocycles. The van der Waals surface area contributed by atoms with Crippen LogP contribution in [0.5, 0.6) is 0 Å². The second-order valence-corrected chi connectivity index (χ2v) is 9.84. The smallest absolute Gasteiger partial charge is 0.306 e. The molecule has 0 aromatic carbocycles. The topological polar surface area (TPSA) is 9.23 Å². The average Bonchev–Trinajstić information content (AvgIpc) is 2.19. The van der Waals surface area contributed by atoms with Crippen molar-refractivity contribution in [3.05, 3.63) is 11.8 Å².